The molecule has 1 saturated heterocycles. The van der Waals surface area contributed by atoms with E-state index in [9.17, 15) is 9.18 Å². The minimum Gasteiger partial charge on any atom is -0.454 e. The van der Waals surface area contributed by atoms with Crippen molar-refractivity contribution in [1.29, 1.82) is 0 Å². The average molecular weight is 329 g/mol. The Hall–Kier alpha value is -2.60. The SMILES string of the molecule is O=C(c1ccc2c(c1)OCO2)N1CCOCC1c1ccc(F)cc1. The molecule has 2 aromatic rings. The van der Waals surface area contributed by atoms with Crippen LogP contribution >= 0.6 is 0 Å². The maximum absolute atomic E-state index is 13.2. The van der Waals surface area contributed by atoms with Crippen LogP contribution in [0.3, 0.4) is 0 Å². The quantitative estimate of drug-likeness (QED) is 0.850. The molecule has 2 aromatic carbocycles. The number of fused-ring (bicyclic) bond motifs is 1. The first kappa shape index (κ1) is 15.0. The number of benzene rings is 2. The Morgan fingerprint density at radius 3 is 2.71 bits per heavy atom. The van der Waals surface area contributed by atoms with Crippen LogP contribution in [0, 0.1) is 5.82 Å². The molecule has 1 atom stereocenters. The molecule has 0 aromatic heterocycles. The summed E-state index contributed by atoms with van der Waals surface area (Å²) in [5.41, 5.74) is 1.39. The predicted octanol–water partition coefficient (Wildman–Crippen LogP) is 2.77. The lowest BCUT2D eigenvalue weighted by Crippen LogP contribution is -2.43. The highest BCUT2D eigenvalue weighted by atomic mass is 19.1. The normalized spacial score (nSPS) is 19.4. The first-order valence-corrected chi connectivity index (χ1v) is 7.76. The Morgan fingerprint density at radius 2 is 1.88 bits per heavy atom. The fourth-order valence-corrected chi connectivity index (χ4v) is 3.00. The van der Waals surface area contributed by atoms with E-state index in [1.165, 1.54) is 12.1 Å². The highest BCUT2D eigenvalue weighted by molar-refractivity contribution is 5.95. The van der Waals surface area contributed by atoms with Gasteiger partial charge in [-0.1, -0.05) is 12.1 Å². The molecule has 124 valence electrons. The summed E-state index contributed by atoms with van der Waals surface area (Å²) >= 11 is 0. The van der Waals surface area contributed by atoms with Crippen LogP contribution < -0.4 is 9.47 Å². The summed E-state index contributed by atoms with van der Waals surface area (Å²) < 4.78 is 29.3. The highest BCUT2D eigenvalue weighted by Crippen LogP contribution is 2.34. The van der Waals surface area contributed by atoms with E-state index in [2.05, 4.69) is 0 Å². The van der Waals surface area contributed by atoms with Crippen LogP contribution in [0.15, 0.2) is 42.5 Å². The topological polar surface area (TPSA) is 48.0 Å². The average Bonchev–Trinajstić information content (AvgIpc) is 3.09. The molecule has 1 fully saturated rings. The van der Waals surface area contributed by atoms with Crippen LogP contribution in [0.2, 0.25) is 0 Å². The molecule has 4 rings (SSSR count). The fraction of sp³-hybridized carbons (Fsp3) is 0.278. The lowest BCUT2D eigenvalue weighted by Gasteiger charge is -2.36. The number of carbonyl (C=O) groups is 1. The summed E-state index contributed by atoms with van der Waals surface area (Å²) in [6.07, 6.45) is 0. The van der Waals surface area contributed by atoms with Gasteiger partial charge >= 0.3 is 0 Å². The van der Waals surface area contributed by atoms with E-state index in [0.29, 0.717) is 36.8 Å². The van der Waals surface area contributed by atoms with Gasteiger partial charge in [0.15, 0.2) is 11.5 Å². The van der Waals surface area contributed by atoms with Gasteiger partial charge in [-0.2, -0.15) is 0 Å². The molecule has 0 bridgehead atoms. The highest BCUT2D eigenvalue weighted by Gasteiger charge is 2.30. The Morgan fingerprint density at radius 1 is 1.08 bits per heavy atom. The molecular weight excluding hydrogens is 313 g/mol. The molecule has 0 radical (unpaired) electrons. The van der Waals surface area contributed by atoms with E-state index in [-0.39, 0.29) is 24.6 Å². The molecule has 0 N–H and O–H groups in total. The molecule has 1 unspecified atom stereocenters. The van der Waals surface area contributed by atoms with Crippen LogP contribution in [-0.2, 0) is 4.74 Å². The van der Waals surface area contributed by atoms with E-state index in [0.717, 1.165) is 5.56 Å². The van der Waals surface area contributed by atoms with Crippen LogP contribution in [0.1, 0.15) is 22.0 Å². The largest absolute Gasteiger partial charge is 0.454 e. The predicted molar refractivity (Wildman–Crippen MR) is 83.6 cm³/mol. The number of halogens is 1. The first-order chi connectivity index (χ1) is 11.7. The lowest BCUT2D eigenvalue weighted by molar-refractivity contribution is -0.00272. The summed E-state index contributed by atoms with van der Waals surface area (Å²) in [6, 6.07) is 11.1. The van der Waals surface area contributed by atoms with Gasteiger partial charge in [0, 0.05) is 12.1 Å². The monoisotopic (exact) mass is 329 g/mol. The number of nitrogens with zero attached hydrogens (tertiary/aromatic N) is 1. The lowest BCUT2D eigenvalue weighted by atomic mass is 10.0. The number of morpholine rings is 1. The van der Waals surface area contributed by atoms with Crippen LogP contribution in [0.4, 0.5) is 4.39 Å². The van der Waals surface area contributed by atoms with Crippen molar-refractivity contribution in [2.45, 2.75) is 6.04 Å². The Balaban J connectivity index is 1.62. The Labute approximate surface area is 138 Å². The maximum Gasteiger partial charge on any atom is 0.254 e. The third kappa shape index (κ3) is 2.69. The molecular formula is C18H16FNO4. The van der Waals surface area contributed by atoms with Crippen molar-refractivity contribution < 1.29 is 23.4 Å². The number of hydrogen-bond acceptors (Lipinski definition) is 4. The van der Waals surface area contributed by atoms with Crippen molar-refractivity contribution in [1.82, 2.24) is 4.90 Å². The zero-order chi connectivity index (χ0) is 16.5. The Bertz CT molecular complexity index is 762. The molecule has 2 aliphatic rings. The molecule has 2 heterocycles. The van der Waals surface area contributed by atoms with Crippen molar-refractivity contribution in [2.75, 3.05) is 26.6 Å². The second kappa shape index (κ2) is 6.13. The first-order valence-electron chi connectivity index (χ1n) is 7.76. The van der Waals surface area contributed by atoms with Gasteiger partial charge in [0.1, 0.15) is 5.82 Å². The number of ether oxygens (including phenoxy) is 3. The minimum absolute atomic E-state index is 0.106. The summed E-state index contributed by atoms with van der Waals surface area (Å²) in [6.45, 7) is 1.52. The van der Waals surface area contributed by atoms with E-state index < -0.39 is 0 Å². The van der Waals surface area contributed by atoms with Crippen LogP contribution in [-0.4, -0.2) is 37.4 Å². The zero-order valence-corrected chi connectivity index (χ0v) is 12.9. The van der Waals surface area contributed by atoms with E-state index >= 15 is 0 Å². The van der Waals surface area contributed by atoms with Gasteiger partial charge in [0.25, 0.3) is 5.91 Å². The number of hydrogen-bond donors (Lipinski definition) is 0. The second-order valence-corrected chi connectivity index (χ2v) is 5.71. The second-order valence-electron chi connectivity index (χ2n) is 5.71. The van der Waals surface area contributed by atoms with Gasteiger partial charge in [-0.3, -0.25) is 4.79 Å². The van der Waals surface area contributed by atoms with Crippen molar-refractivity contribution in [3.63, 3.8) is 0 Å². The van der Waals surface area contributed by atoms with E-state index in [4.69, 9.17) is 14.2 Å². The summed E-state index contributed by atoms with van der Waals surface area (Å²) in [5.74, 6) is 0.811. The molecule has 1 amide bonds. The van der Waals surface area contributed by atoms with Gasteiger partial charge in [-0.05, 0) is 35.9 Å². The number of amides is 1. The minimum atomic E-state index is -0.302. The van der Waals surface area contributed by atoms with Gasteiger partial charge in [-0.25, -0.2) is 4.39 Å². The molecule has 2 aliphatic heterocycles. The van der Waals surface area contributed by atoms with Gasteiger partial charge < -0.3 is 19.1 Å². The Kier molecular flexibility index (Phi) is 3.82. The molecule has 0 saturated carbocycles. The van der Waals surface area contributed by atoms with Crippen LogP contribution in [0.25, 0.3) is 0 Å². The number of carbonyl (C=O) groups excluding carboxylic acids is 1. The maximum atomic E-state index is 13.2. The van der Waals surface area contributed by atoms with Crippen molar-refractivity contribution in [2.24, 2.45) is 0 Å². The van der Waals surface area contributed by atoms with Crippen molar-refractivity contribution >= 4 is 5.91 Å². The van der Waals surface area contributed by atoms with E-state index in [1.54, 1.807) is 35.2 Å². The molecule has 24 heavy (non-hydrogen) atoms. The standard InChI is InChI=1S/C18H16FNO4/c19-14-4-1-12(2-5-14)15-10-22-8-7-20(15)18(21)13-3-6-16-17(9-13)24-11-23-16/h1-6,9,15H,7-8,10-11H2. The molecule has 6 heteroatoms. The molecule has 0 spiro atoms. The fourth-order valence-electron chi connectivity index (χ4n) is 3.00. The van der Waals surface area contributed by atoms with Crippen LogP contribution in [0.5, 0.6) is 11.5 Å². The third-order valence-corrected chi connectivity index (χ3v) is 4.26. The summed E-state index contributed by atoms with van der Waals surface area (Å²) in [4.78, 5) is 14.7. The third-order valence-electron chi connectivity index (χ3n) is 4.26. The molecule has 0 aliphatic carbocycles. The smallest absolute Gasteiger partial charge is 0.254 e. The molecule has 5 nitrogen and oxygen atoms in total. The van der Waals surface area contributed by atoms with Gasteiger partial charge in [0.05, 0.1) is 19.3 Å². The zero-order valence-electron chi connectivity index (χ0n) is 12.9. The van der Waals surface area contributed by atoms with Gasteiger partial charge in [0.2, 0.25) is 6.79 Å². The number of rotatable bonds is 2. The summed E-state index contributed by atoms with van der Waals surface area (Å²) in [5, 5.41) is 0. The van der Waals surface area contributed by atoms with Crippen molar-refractivity contribution in [3.05, 3.63) is 59.4 Å². The van der Waals surface area contributed by atoms with E-state index in [1.807, 2.05) is 0 Å². The van der Waals surface area contributed by atoms with Gasteiger partial charge in [-0.15, -0.1) is 0 Å². The van der Waals surface area contributed by atoms with Crippen molar-refractivity contribution in [3.8, 4) is 11.5 Å². The summed E-state index contributed by atoms with van der Waals surface area (Å²) in [7, 11) is 0.